The van der Waals surface area contributed by atoms with E-state index in [1.54, 1.807) is 0 Å². The van der Waals surface area contributed by atoms with Gasteiger partial charge in [0, 0.05) is 16.8 Å². The van der Waals surface area contributed by atoms with Gasteiger partial charge in [-0.2, -0.15) is 0 Å². The van der Waals surface area contributed by atoms with Gasteiger partial charge in [-0.05, 0) is 124 Å². The first-order valence-corrected chi connectivity index (χ1v) is 22.6. The van der Waals surface area contributed by atoms with Gasteiger partial charge in [0.25, 0.3) is 0 Å². The summed E-state index contributed by atoms with van der Waals surface area (Å²) in [6.07, 6.45) is 0. The van der Waals surface area contributed by atoms with E-state index in [0.29, 0.717) is 5.56 Å². The van der Waals surface area contributed by atoms with E-state index < -0.39 is 5.41 Å². The van der Waals surface area contributed by atoms with Crippen molar-refractivity contribution in [2.45, 2.75) is 5.41 Å². The second-order valence-corrected chi connectivity index (χ2v) is 17.2. The molecule has 1 nitrogen and oxygen atoms in total. The zero-order chi connectivity index (χ0) is 47.1. The van der Waals surface area contributed by atoms with E-state index in [-0.39, 0.29) is 35.4 Å². The van der Waals surface area contributed by atoms with Gasteiger partial charge in [-0.15, -0.1) is 0 Å². The normalized spacial score (nSPS) is 13.5. The van der Waals surface area contributed by atoms with Crippen molar-refractivity contribution in [3.05, 3.63) is 283 Å². The molecule has 0 heterocycles. The Balaban J connectivity index is 1.15. The lowest BCUT2D eigenvalue weighted by Crippen LogP contribution is -2.28. The number of nitrogens with zero attached hydrogens (tertiary/aromatic N) is 1. The molecule has 0 spiro atoms. The first-order valence-electron chi connectivity index (χ1n) is 24.6. The molecule has 12 aromatic carbocycles. The highest BCUT2D eigenvalue weighted by atomic mass is 15.1. The minimum atomic E-state index is -0.717. The van der Waals surface area contributed by atoms with Gasteiger partial charge in [-0.1, -0.05) is 230 Å². The molecular weight excluding hydrogens is 795 g/mol. The van der Waals surface area contributed by atoms with E-state index in [4.69, 9.17) is 0 Å². The number of benzene rings is 12. The Labute approximate surface area is 390 Å². The Bertz CT molecular complexity index is 3990. The zero-order valence-electron chi connectivity index (χ0n) is 40.0. The highest BCUT2D eigenvalue weighted by Gasteiger charge is 2.46. The Morgan fingerprint density at radius 3 is 1.42 bits per heavy atom. The van der Waals surface area contributed by atoms with E-state index in [1.807, 2.05) is 71.6 Å². The van der Waals surface area contributed by atoms with Crippen LogP contribution in [0.25, 0.3) is 76.5 Å². The molecule has 1 heteroatoms. The van der Waals surface area contributed by atoms with Crippen molar-refractivity contribution in [1.29, 1.82) is 0 Å². The van der Waals surface area contributed by atoms with Crippen LogP contribution in [0.4, 0.5) is 17.1 Å². The van der Waals surface area contributed by atoms with E-state index in [1.165, 1.54) is 5.56 Å². The average molecular weight is 842 g/mol. The molecule has 0 fully saturated rings. The molecular formula is C65H43N. The van der Waals surface area contributed by atoms with Crippen molar-refractivity contribution >= 4 is 60.2 Å². The standard InChI is InChI=1S/C65H43N/c1-4-20-44(21-5-1)63-58-33-16-13-29-53(58)54-30-14-17-34-59(54)64(63)45-36-38-49(39-37-45)66(62-42-46-22-10-11-27-51(46)52-28-12-15-32-57(52)62)50-40-41-56-55-31-18-19-35-60(55)65(61(56)43-50,47-23-6-2-7-24-47)48-25-8-3-9-26-48/h1-43H/i36D,37D,38D,39D. The highest BCUT2D eigenvalue weighted by Crippen LogP contribution is 2.57. The molecule has 0 aromatic heterocycles. The lowest BCUT2D eigenvalue weighted by atomic mass is 9.67. The van der Waals surface area contributed by atoms with Crippen LogP contribution in [0.3, 0.4) is 0 Å². The third-order valence-electron chi connectivity index (χ3n) is 13.8. The molecule has 308 valence electrons. The summed E-state index contributed by atoms with van der Waals surface area (Å²) in [6, 6.07) is 81.4. The second kappa shape index (κ2) is 15.3. The Hall–Kier alpha value is -8.52. The number of hydrogen-bond donors (Lipinski definition) is 0. The maximum Gasteiger partial charge on any atom is 0.0714 e. The number of fused-ring (bicyclic) bond motifs is 9. The van der Waals surface area contributed by atoms with Crippen LogP contribution in [0.1, 0.15) is 27.7 Å². The molecule has 0 aliphatic heterocycles. The molecule has 66 heavy (non-hydrogen) atoms. The van der Waals surface area contributed by atoms with Gasteiger partial charge in [0.05, 0.1) is 16.6 Å². The zero-order valence-corrected chi connectivity index (χ0v) is 36.0. The van der Waals surface area contributed by atoms with E-state index in [0.717, 1.165) is 93.4 Å². The third kappa shape index (κ3) is 5.73. The molecule has 0 bridgehead atoms. The molecule has 0 atom stereocenters. The van der Waals surface area contributed by atoms with Crippen molar-refractivity contribution in [2.24, 2.45) is 0 Å². The van der Waals surface area contributed by atoms with Gasteiger partial charge in [-0.25, -0.2) is 0 Å². The van der Waals surface area contributed by atoms with Crippen molar-refractivity contribution in [3.63, 3.8) is 0 Å². The monoisotopic (exact) mass is 841 g/mol. The maximum atomic E-state index is 10.3. The number of rotatable bonds is 7. The van der Waals surface area contributed by atoms with Gasteiger partial charge in [0.2, 0.25) is 0 Å². The molecule has 0 N–H and O–H groups in total. The van der Waals surface area contributed by atoms with Crippen molar-refractivity contribution in [2.75, 3.05) is 4.90 Å². The summed E-state index contributed by atoms with van der Waals surface area (Å²) < 4.78 is 41.2. The summed E-state index contributed by atoms with van der Waals surface area (Å²) in [5.41, 5.74) is 10.4. The van der Waals surface area contributed by atoms with Crippen LogP contribution in [0, 0.1) is 0 Å². The van der Waals surface area contributed by atoms with Crippen LogP contribution < -0.4 is 4.90 Å². The van der Waals surface area contributed by atoms with Crippen LogP contribution >= 0.6 is 0 Å². The minimum absolute atomic E-state index is 0.111. The quantitative estimate of drug-likeness (QED) is 0.145. The summed E-state index contributed by atoms with van der Waals surface area (Å²) in [7, 11) is 0. The molecule has 0 radical (unpaired) electrons. The van der Waals surface area contributed by atoms with Gasteiger partial charge in [0.1, 0.15) is 0 Å². The van der Waals surface area contributed by atoms with Gasteiger partial charge >= 0.3 is 0 Å². The highest BCUT2D eigenvalue weighted by molar-refractivity contribution is 6.22. The van der Waals surface area contributed by atoms with Crippen molar-refractivity contribution < 1.29 is 5.48 Å². The number of hydrogen-bond acceptors (Lipinski definition) is 1. The molecule has 13 rings (SSSR count). The van der Waals surface area contributed by atoms with E-state index in [9.17, 15) is 5.48 Å². The Morgan fingerprint density at radius 2 is 0.788 bits per heavy atom. The lowest BCUT2D eigenvalue weighted by molar-refractivity contribution is 0.768. The van der Waals surface area contributed by atoms with Crippen molar-refractivity contribution in [3.8, 4) is 33.4 Å². The fourth-order valence-electron chi connectivity index (χ4n) is 11.0. The van der Waals surface area contributed by atoms with Crippen LogP contribution in [0.15, 0.2) is 261 Å². The fraction of sp³-hybridized carbons (Fsp3) is 0.0154. The predicted octanol–water partition coefficient (Wildman–Crippen LogP) is 17.5. The molecule has 1 aliphatic carbocycles. The summed E-state index contributed by atoms with van der Waals surface area (Å²) in [4.78, 5) is 2.00. The van der Waals surface area contributed by atoms with Crippen molar-refractivity contribution in [1.82, 2.24) is 0 Å². The first-order chi connectivity index (χ1) is 34.4. The Kier molecular flexibility index (Phi) is 7.89. The number of anilines is 3. The average Bonchev–Trinajstić information content (AvgIpc) is 3.72. The van der Waals surface area contributed by atoms with Gasteiger partial charge in [0.15, 0.2) is 0 Å². The van der Waals surface area contributed by atoms with Crippen LogP contribution in [-0.2, 0) is 5.41 Å². The second-order valence-electron chi connectivity index (χ2n) is 17.2. The fourth-order valence-corrected chi connectivity index (χ4v) is 11.0. The molecule has 0 saturated carbocycles. The molecule has 1 aliphatic rings. The summed E-state index contributed by atoms with van der Waals surface area (Å²) in [5, 5.41) is 7.92. The smallest absolute Gasteiger partial charge is 0.0714 e. The van der Waals surface area contributed by atoms with Crippen LogP contribution in [-0.4, -0.2) is 0 Å². The lowest BCUT2D eigenvalue weighted by Gasteiger charge is -2.35. The molecule has 12 aromatic rings. The topological polar surface area (TPSA) is 3.24 Å². The van der Waals surface area contributed by atoms with E-state index in [2.05, 4.69) is 170 Å². The van der Waals surface area contributed by atoms with Gasteiger partial charge < -0.3 is 4.90 Å². The largest absolute Gasteiger partial charge is 0.310 e. The summed E-state index contributed by atoms with van der Waals surface area (Å²) in [5.74, 6) is 0. The van der Waals surface area contributed by atoms with Gasteiger partial charge in [-0.3, -0.25) is 0 Å². The molecule has 0 amide bonds. The minimum Gasteiger partial charge on any atom is -0.310 e. The third-order valence-corrected chi connectivity index (χ3v) is 13.8. The first kappa shape index (κ1) is 34.0. The van der Waals surface area contributed by atoms with Crippen LogP contribution in [0.5, 0.6) is 0 Å². The maximum absolute atomic E-state index is 10.3. The van der Waals surface area contributed by atoms with Crippen LogP contribution in [0.2, 0.25) is 0 Å². The summed E-state index contributed by atoms with van der Waals surface area (Å²) in [6.45, 7) is 0. The summed E-state index contributed by atoms with van der Waals surface area (Å²) >= 11 is 0. The Morgan fingerprint density at radius 1 is 0.318 bits per heavy atom. The van der Waals surface area contributed by atoms with E-state index >= 15 is 0 Å². The molecule has 0 unspecified atom stereocenters. The molecule has 0 saturated heterocycles. The predicted molar refractivity (Wildman–Crippen MR) is 279 cm³/mol. The SMILES string of the molecule is [2H]c1c([2H])c(N(c2ccc3c(c2)C(c2ccccc2)(c2ccccc2)c2ccccc2-3)c2cc3ccccc3c3ccccc23)c([2H])c([2H])c1-c1c(-c2ccccc2)c2ccccc2c2ccccc12.